The number of rotatable bonds is 3. The highest BCUT2D eigenvalue weighted by molar-refractivity contribution is 7.19. The number of hydrogen-bond donors (Lipinski definition) is 1. The first kappa shape index (κ1) is 10.9. The van der Waals surface area contributed by atoms with E-state index in [0.717, 1.165) is 22.6 Å². The first-order valence-corrected chi connectivity index (χ1v) is 7.76. The zero-order chi connectivity index (χ0) is 17.5. The van der Waals surface area contributed by atoms with E-state index in [1.165, 1.54) is 18.3 Å². The van der Waals surface area contributed by atoms with E-state index < -0.39 is 12.3 Å². The number of nitrogens with one attached hydrogen (secondary N) is 1. The van der Waals surface area contributed by atoms with Crippen LogP contribution in [0.1, 0.15) is 48.5 Å². The summed E-state index contributed by atoms with van der Waals surface area (Å²) in [6, 6.07) is 3.72. The minimum Gasteiger partial charge on any atom is -0.302 e. The molecule has 2 aromatic heterocycles. The molecule has 1 amide bonds. The largest absolute Gasteiger partial charge is 0.302 e. The summed E-state index contributed by atoms with van der Waals surface area (Å²) in [6.45, 7) is 1.26. The molecule has 1 fully saturated rings. The summed E-state index contributed by atoms with van der Waals surface area (Å²) < 4.78 is 23.7. The van der Waals surface area contributed by atoms with Crippen LogP contribution >= 0.6 is 11.3 Å². The maximum Gasteiger partial charge on any atom is 0.223 e. The number of carbonyl (C=O) groups excluding carboxylic acids is 1. The minimum atomic E-state index is -2.05. The molecule has 4 nitrogen and oxygen atoms in total. The fourth-order valence-electron chi connectivity index (χ4n) is 2.49. The number of carbonyl (C=O) groups is 1. The standard InChI is InChI=1S/C16H19N3OS/c1-10-14(21-15(18-10)19-11(2)20)12-5-8-17-13(9-12)16(3)6-4-7-16/h5,8-9H,4,6-7H2,1-3H3,(H,18,19,20)/i3D3. The fourth-order valence-corrected chi connectivity index (χ4v) is 3.50. The molecule has 0 bridgehead atoms. The molecule has 1 saturated carbocycles. The number of aromatic nitrogens is 2. The molecule has 3 rings (SSSR count). The van der Waals surface area contributed by atoms with Crippen LogP contribution in [0, 0.1) is 6.92 Å². The molecule has 0 unspecified atom stereocenters. The van der Waals surface area contributed by atoms with Gasteiger partial charge in [-0.3, -0.25) is 9.78 Å². The molecule has 0 saturated heterocycles. The Labute approximate surface area is 132 Å². The van der Waals surface area contributed by atoms with E-state index in [2.05, 4.69) is 15.3 Å². The van der Waals surface area contributed by atoms with Crippen LogP contribution in [0.2, 0.25) is 0 Å². The molecule has 1 aliphatic rings. The summed E-state index contributed by atoms with van der Waals surface area (Å²) in [7, 11) is 0. The van der Waals surface area contributed by atoms with Gasteiger partial charge in [-0.1, -0.05) is 24.6 Å². The third-order valence-corrected chi connectivity index (χ3v) is 4.92. The number of aryl methyl sites for hydroxylation is 1. The Morgan fingerprint density at radius 2 is 2.33 bits per heavy atom. The fraction of sp³-hybridized carbons (Fsp3) is 0.438. The predicted octanol–water partition coefficient (Wildman–Crippen LogP) is 3.91. The molecule has 0 spiro atoms. The van der Waals surface area contributed by atoms with E-state index in [4.69, 9.17) is 4.11 Å². The molecule has 1 N–H and O–H groups in total. The van der Waals surface area contributed by atoms with Crippen LogP contribution in [0.5, 0.6) is 0 Å². The average Bonchev–Trinajstić information content (AvgIpc) is 2.76. The number of pyridine rings is 1. The second kappa shape index (κ2) is 5.22. The van der Waals surface area contributed by atoms with Crippen molar-refractivity contribution in [3.63, 3.8) is 0 Å². The van der Waals surface area contributed by atoms with Crippen LogP contribution in [0.25, 0.3) is 10.4 Å². The van der Waals surface area contributed by atoms with E-state index >= 15 is 0 Å². The summed E-state index contributed by atoms with van der Waals surface area (Å²) in [4.78, 5) is 20.8. The van der Waals surface area contributed by atoms with Crippen molar-refractivity contribution in [2.24, 2.45) is 0 Å². The van der Waals surface area contributed by atoms with Gasteiger partial charge in [0.15, 0.2) is 5.13 Å². The second-order valence-electron chi connectivity index (χ2n) is 5.48. The van der Waals surface area contributed by atoms with Crippen molar-refractivity contribution in [2.75, 3.05) is 5.32 Å². The molecule has 0 aromatic carbocycles. The van der Waals surface area contributed by atoms with Gasteiger partial charge in [-0.2, -0.15) is 0 Å². The van der Waals surface area contributed by atoms with Gasteiger partial charge in [0.05, 0.1) is 10.6 Å². The molecule has 0 aliphatic heterocycles. The lowest BCUT2D eigenvalue weighted by molar-refractivity contribution is -0.114. The molecule has 0 atom stereocenters. The Bertz CT molecular complexity index is 781. The van der Waals surface area contributed by atoms with Crippen LogP contribution in [0.4, 0.5) is 5.13 Å². The monoisotopic (exact) mass is 304 g/mol. The van der Waals surface area contributed by atoms with Crippen LogP contribution in [0.3, 0.4) is 0 Å². The smallest absolute Gasteiger partial charge is 0.223 e. The molecule has 21 heavy (non-hydrogen) atoms. The lowest BCUT2D eigenvalue weighted by atomic mass is 9.68. The van der Waals surface area contributed by atoms with Gasteiger partial charge >= 0.3 is 0 Å². The first-order valence-electron chi connectivity index (χ1n) is 8.45. The highest BCUT2D eigenvalue weighted by Crippen LogP contribution is 2.43. The Morgan fingerprint density at radius 3 is 2.95 bits per heavy atom. The van der Waals surface area contributed by atoms with E-state index in [1.54, 1.807) is 6.20 Å². The lowest BCUT2D eigenvalue weighted by Gasteiger charge is -2.37. The highest BCUT2D eigenvalue weighted by Gasteiger charge is 2.35. The Hall–Kier alpha value is -1.75. The normalized spacial score (nSPS) is 19.0. The Morgan fingerprint density at radius 1 is 1.52 bits per heavy atom. The summed E-state index contributed by atoms with van der Waals surface area (Å²) in [5.74, 6) is -0.165. The quantitative estimate of drug-likeness (QED) is 0.935. The van der Waals surface area contributed by atoms with Gasteiger partial charge in [0.1, 0.15) is 0 Å². The molecule has 2 aromatic rings. The number of thiazole rings is 1. The highest BCUT2D eigenvalue weighted by atomic mass is 32.1. The predicted molar refractivity (Wildman–Crippen MR) is 85.6 cm³/mol. The molecule has 5 heteroatoms. The lowest BCUT2D eigenvalue weighted by Crippen LogP contribution is -2.31. The maximum absolute atomic E-state index is 11.2. The van der Waals surface area contributed by atoms with Crippen molar-refractivity contribution in [1.29, 1.82) is 0 Å². The van der Waals surface area contributed by atoms with E-state index in [9.17, 15) is 4.79 Å². The van der Waals surface area contributed by atoms with Gasteiger partial charge in [0.2, 0.25) is 5.91 Å². The number of nitrogens with zero attached hydrogens (tertiary/aromatic N) is 2. The number of anilines is 1. The van der Waals surface area contributed by atoms with Crippen LogP contribution in [-0.4, -0.2) is 15.9 Å². The number of amides is 1. The summed E-state index contributed by atoms with van der Waals surface area (Å²) in [5, 5.41) is 3.23. The summed E-state index contributed by atoms with van der Waals surface area (Å²) in [6.07, 6.45) is 3.85. The van der Waals surface area contributed by atoms with Crippen molar-refractivity contribution in [1.82, 2.24) is 9.97 Å². The molecule has 2 heterocycles. The first-order chi connectivity index (χ1) is 11.2. The molecule has 1 aliphatic carbocycles. The Kier molecular flexibility index (Phi) is 2.71. The van der Waals surface area contributed by atoms with Crippen LogP contribution in [0.15, 0.2) is 18.3 Å². The molecule has 110 valence electrons. The van der Waals surface area contributed by atoms with Crippen molar-refractivity contribution in [2.45, 2.75) is 45.4 Å². The van der Waals surface area contributed by atoms with Gasteiger partial charge in [-0.15, -0.1) is 0 Å². The molecular weight excluding hydrogens is 282 g/mol. The van der Waals surface area contributed by atoms with Crippen molar-refractivity contribution >= 4 is 22.4 Å². The van der Waals surface area contributed by atoms with Crippen LogP contribution < -0.4 is 5.32 Å². The van der Waals surface area contributed by atoms with E-state index in [0.29, 0.717) is 23.7 Å². The van der Waals surface area contributed by atoms with Gasteiger partial charge in [0, 0.05) is 28.3 Å². The summed E-state index contributed by atoms with van der Waals surface area (Å²) in [5.41, 5.74) is 1.49. The zero-order valence-electron chi connectivity index (χ0n) is 15.1. The average molecular weight is 304 g/mol. The second-order valence-corrected chi connectivity index (χ2v) is 6.48. The third-order valence-electron chi connectivity index (χ3n) is 3.80. The van der Waals surface area contributed by atoms with Gasteiger partial charge in [-0.25, -0.2) is 4.98 Å². The van der Waals surface area contributed by atoms with E-state index in [1.807, 2.05) is 19.1 Å². The number of hydrogen-bond acceptors (Lipinski definition) is 4. The Balaban J connectivity index is 2.00. The molecule has 0 radical (unpaired) electrons. The minimum absolute atomic E-state index is 0.165. The maximum atomic E-state index is 11.2. The van der Waals surface area contributed by atoms with Crippen molar-refractivity contribution < 1.29 is 8.91 Å². The summed E-state index contributed by atoms with van der Waals surface area (Å²) >= 11 is 1.38. The molecular formula is C16H19N3OS. The zero-order valence-corrected chi connectivity index (χ0v) is 12.9. The van der Waals surface area contributed by atoms with Crippen molar-refractivity contribution in [3.05, 3.63) is 29.7 Å². The van der Waals surface area contributed by atoms with Crippen LogP contribution in [-0.2, 0) is 10.2 Å². The SMILES string of the molecule is [2H]C([2H])([2H])C1(c2cc(-c3sc(NC(C)=O)nc3C)ccn2)CCC1. The topological polar surface area (TPSA) is 54.9 Å². The van der Waals surface area contributed by atoms with Gasteiger partial charge < -0.3 is 5.32 Å². The van der Waals surface area contributed by atoms with Gasteiger partial charge in [-0.05, 0) is 37.5 Å². The third kappa shape index (κ3) is 2.70. The van der Waals surface area contributed by atoms with Crippen molar-refractivity contribution in [3.8, 4) is 10.4 Å². The van der Waals surface area contributed by atoms with E-state index in [-0.39, 0.29) is 5.91 Å². The van der Waals surface area contributed by atoms with Gasteiger partial charge in [0.25, 0.3) is 0 Å².